The summed E-state index contributed by atoms with van der Waals surface area (Å²) in [6.45, 7) is 6.36. The first-order valence-corrected chi connectivity index (χ1v) is 10.5. The van der Waals surface area contributed by atoms with Gasteiger partial charge in [-0.1, -0.05) is 64.4 Å². The summed E-state index contributed by atoms with van der Waals surface area (Å²) in [4.78, 5) is 0. The molecule has 4 nitrogen and oxygen atoms in total. The van der Waals surface area contributed by atoms with Gasteiger partial charge < -0.3 is 20.5 Å². The molecular weight excluding hydrogens is 324 g/mol. The lowest BCUT2D eigenvalue weighted by molar-refractivity contribution is 0.373. The Morgan fingerprint density at radius 2 is 1.42 bits per heavy atom. The van der Waals surface area contributed by atoms with Crippen molar-refractivity contribution in [2.24, 2.45) is 0 Å². The molecule has 0 saturated carbocycles. The molecule has 0 aromatic heterocycles. The lowest BCUT2D eigenvalue weighted by Gasteiger charge is -2.08. The summed E-state index contributed by atoms with van der Waals surface area (Å²) in [5, 5.41) is 16.6. The first kappa shape index (κ1) is 22.8. The molecule has 1 rings (SSSR count). The highest BCUT2D eigenvalue weighted by molar-refractivity contribution is 5.41. The summed E-state index contributed by atoms with van der Waals surface area (Å²) in [6.07, 6.45) is 13.4. The molecule has 0 amide bonds. The number of hydrogen-bond acceptors (Lipinski definition) is 4. The molecule has 0 aliphatic carbocycles. The van der Waals surface area contributed by atoms with Crippen molar-refractivity contribution >= 4 is 0 Å². The fraction of sp³-hybridized carbons (Fsp3) is 0.727. The minimum absolute atomic E-state index is 0.199. The van der Waals surface area contributed by atoms with Crippen LogP contribution in [0.2, 0.25) is 0 Å². The predicted octanol–water partition coefficient (Wildman–Crippen LogP) is 4.65. The van der Waals surface area contributed by atoms with E-state index in [1.165, 1.54) is 63.4 Å². The number of aromatic hydroxyl groups is 1. The smallest absolute Gasteiger partial charge is 0.160 e. The highest BCUT2D eigenvalue weighted by Gasteiger charge is 2.02. The topological polar surface area (TPSA) is 53.5 Å². The van der Waals surface area contributed by atoms with Crippen molar-refractivity contribution in [1.29, 1.82) is 0 Å². The van der Waals surface area contributed by atoms with E-state index in [1.807, 2.05) is 12.1 Å². The van der Waals surface area contributed by atoms with Gasteiger partial charge >= 0.3 is 0 Å². The van der Waals surface area contributed by atoms with Gasteiger partial charge in [0.1, 0.15) is 0 Å². The summed E-state index contributed by atoms with van der Waals surface area (Å²) in [7, 11) is 1.58. The Bertz CT molecular complexity index is 452. The molecule has 1 aromatic rings. The van der Waals surface area contributed by atoms with Gasteiger partial charge in [-0.25, -0.2) is 0 Å². The van der Waals surface area contributed by atoms with Crippen molar-refractivity contribution in [2.75, 3.05) is 33.3 Å². The number of hydrogen-bond donors (Lipinski definition) is 3. The summed E-state index contributed by atoms with van der Waals surface area (Å²) in [6, 6.07) is 5.54. The Morgan fingerprint density at radius 3 is 2.08 bits per heavy atom. The Morgan fingerprint density at radius 1 is 0.808 bits per heavy atom. The molecule has 4 heteroatoms. The SMILES string of the molecule is CCCCCCCCCCCNCCNCCc1ccc(O)c(OC)c1. The van der Waals surface area contributed by atoms with Gasteiger partial charge in [-0.15, -0.1) is 0 Å². The van der Waals surface area contributed by atoms with Crippen LogP contribution in [-0.4, -0.2) is 38.4 Å². The summed E-state index contributed by atoms with van der Waals surface area (Å²) in [5.74, 6) is 0.745. The van der Waals surface area contributed by atoms with Crippen LogP contribution < -0.4 is 15.4 Å². The van der Waals surface area contributed by atoms with Gasteiger partial charge in [-0.2, -0.15) is 0 Å². The molecule has 26 heavy (non-hydrogen) atoms. The van der Waals surface area contributed by atoms with E-state index in [9.17, 15) is 5.11 Å². The standard InChI is InChI=1S/C22H40N2O2/c1-3-4-5-6-7-8-9-10-11-15-23-17-18-24-16-14-20-12-13-21(25)22(19-20)26-2/h12-13,19,23-25H,3-11,14-18H2,1-2H3. The van der Waals surface area contributed by atoms with Crippen molar-refractivity contribution in [3.63, 3.8) is 0 Å². The van der Waals surface area contributed by atoms with Crippen LogP contribution >= 0.6 is 0 Å². The van der Waals surface area contributed by atoms with E-state index in [0.717, 1.165) is 32.6 Å². The van der Waals surface area contributed by atoms with Gasteiger partial charge in [0, 0.05) is 13.1 Å². The Balaban J connectivity index is 1.85. The fourth-order valence-electron chi connectivity index (χ4n) is 3.10. The van der Waals surface area contributed by atoms with Crippen molar-refractivity contribution in [3.8, 4) is 11.5 Å². The van der Waals surface area contributed by atoms with Gasteiger partial charge in [0.05, 0.1) is 7.11 Å². The largest absolute Gasteiger partial charge is 0.504 e. The van der Waals surface area contributed by atoms with E-state index >= 15 is 0 Å². The van der Waals surface area contributed by atoms with Crippen LogP contribution in [0.3, 0.4) is 0 Å². The monoisotopic (exact) mass is 364 g/mol. The van der Waals surface area contributed by atoms with Crippen LogP contribution in [0.25, 0.3) is 0 Å². The quantitative estimate of drug-likeness (QED) is 0.352. The number of nitrogens with one attached hydrogen (secondary N) is 2. The summed E-state index contributed by atoms with van der Waals surface area (Å²) in [5.41, 5.74) is 1.18. The minimum Gasteiger partial charge on any atom is -0.504 e. The van der Waals surface area contributed by atoms with Crippen LogP contribution in [0.5, 0.6) is 11.5 Å². The molecule has 0 saturated heterocycles. The molecule has 150 valence electrons. The van der Waals surface area contributed by atoms with E-state index < -0.39 is 0 Å². The van der Waals surface area contributed by atoms with E-state index in [-0.39, 0.29) is 5.75 Å². The van der Waals surface area contributed by atoms with E-state index in [1.54, 1.807) is 13.2 Å². The maximum atomic E-state index is 9.59. The molecule has 0 unspecified atom stereocenters. The molecule has 0 spiro atoms. The van der Waals surface area contributed by atoms with Crippen molar-refractivity contribution in [1.82, 2.24) is 10.6 Å². The first-order chi connectivity index (χ1) is 12.8. The van der Waals surface area contributed by atoms with Gasteiger partial charge in [0.2, 0.25) is 0 Å². The highest BCUT2D eigenvalue weighted by Crippen LogP contribution is 2.26. The zero-order valence-corrected chi connectivity index (χ0v) is 17.0. The van der Waals surface area contributed by atoms with Gasteiger partial charge in [0.25, 0.3) is 0 Å². The molecule has 0 fully saturated rings. The van der Waals surface area contributed by atoms with Gasteiger partial charge in [-0.05, 0) is 43.6 Å². The minimum atomic E-state index is 0.199. The third-order valence-electron chi connectivity index (χ3n) is 4.77. The molecule has 3 N–H and O–H groups in total. The first-order valence-electron chi connectivity index (χ1n) is 10.5. The zero-order valence-electron chi connectivity index (χ0n) is 17.0. The highest BCUT2D eigenvalue weighted by atomic mass is 16.5. The maximum Gasteiger partial charge on any atom is 0.160 e. The average molecular weight is 365 g/mol. The number of phenols is 1. The normalized spacial score (nSPS) is 11.0. The third-order valence-corrected chi connectivity index (χ3v) is 4.77. The number of unbranched alkanes of at least 4 members (excludes halogenated alkanes) is 8. The molecule has 1 aromatic carbocycles. The average Bonchev–Trinajstić information content (AvgIpc) is 2.66. The third kappa shape index (κ3) is 11.4. The summed E-state index contributed by atoms with van der Waals surface area (Å²) < 4.78 is 5.13. The van der Waals surface area contributed by atoms with Crippen LogP contribution in [0.1, 0.15) is 70.3 Å². The predicted molar refractivity (Wildman–Crippen MR) is 111 cm³/mol. The van der Waals surface area contributed by atoms with Crippen LogP contribution in [0, 0.1) is 0 Å². The van der Waals surface area contributed by atoms with E-state index in [2.05, 4.69) is 17.6 Å². The van der Waals surface area contributed by atoms with E-state index in [0.29, 0.717) is 5.75 Å². The Labute approximate surface area is 160 Å². The van der Waals surface area contributed by atoms with Crippen LogP contribution in [-0.2, 0) is 6.42 Å². The Kier molecular flexibility index (Phi) is 14.0. The van der Waals surface area contributed by atoms with Crippen molar-refractivity contribution in [2.45, 2.75) is 71.1 Å². The second-order valence-corrected chi connectivity index (χ2v) is 7.08. The Hall–Kier alpha value is -1.26. The van der Waals surface area contributed by atoms with Gasteiger partial charge in [-0.3, -0.25) is 0 Å². The number of benzene rings is 1. The van der Waals surface area contributed by atoms with Crippen molar-refractivity contribution in [3.05, 3.63) is 23.8 Å². The maximum absolute atomic E-state index is 9.59. The second kappa shape index (κ2) is 16.0. The lowest BCUT2D eigenvalue weighted by Crippen LogP contribution is -2.29. The molecule has 0 radical (unpaired) electrons. The summed E-state index contributed by atoms with van der Waals surface area (Å²) >= 11 is 0. The van der Waals surface area contributed by atoms with Crippen molar-refractivity contribution < 1.29 is 9.84 Å². The number of methoxy groups -OCH3 is 1. The molecule has 0 heterocycles. The fourth-order valence-corrected chi connectivity index (χ4v) is 3.10. The second-order valence-electron chi connectivity index (χ2n) is 7.08. The zero-order chi connectivity index (χ0) is 18.9. The van der Waals surface area contributed by atoms with Crippen LogP contribution in [0.4, 0.5) is 0 Å². The molecule has 0 bridgehead atoms. The molecule has 0 atom stereocenters. The lowest BCUT2D eigenvalue weighted by atomic mass is 10.1. The van der Waals surface area contributed by atoms with Crippen LogP contribution in [0.15, 0.2) is 18.2 Å². The number of rotatable bonds is 17. The molecule has 0 aliphatic rings. The molecule has 0 aliphatic heterocycles. The van der Waals surface area contributed by atoms with Gasteiger partial charge in [0.15, 0.2) is 11.5 Å². The van der Waals surface area contributed by atoms with E-state index in [4.69, 9.17) is 4.74 Å². The number of ether oxygens (including phenoxy) is 1. The number of phenolic OH excluding ortho intramolecular Hbond substituents is 1. The molecular formula is C22H40N2O2.